The number of rotatable bonds is 12. The smallest absolute Gasteiger partial charge is 0.396 e. The zero-order chi connectivity index (χ0) is 43.6. The highest BCUT2D eigenvalue weighted by atomic mass is 31.2. The molecule has 3 aliphatic rings. The van der Waals surface area contributed by atoms with Gasteiger partial charge in [0.2, 0.25) is 0 Å². The Kier molecular flexibility index (Phi) is 12.5. The summed E-state index contributed by atoms with van der Waals surface area (Å²) >= 11 is 0. The van der Waals surface area contributed by atoms with E-state index in [2.05, 4.69) is 213 Å². The fourth-order valence-electron chi connectivity index (χ4n) is 8.70. The van der Waals surface area contributed by atoms with Crippen molar-refractivity contribution in [3.8, 4) is 5.75 Å². The molecule has 2 fully saturated rings. The van der Waals surface area contributed by atoms with E-state index in [1.54, 1.807) is 0 Å². The Morgan fingerprint density at radius 2 is 1.00 bits per heavy atom. The summed E-state index contributed by atoms with van der Waals surface area (Å²) in [6.07, 6.45) is 7.30. The minimum atomic E-state index is -1.64. The van der Waals surface area contributed by atoms with Gasteiger partial charge in [0.25, 0.3) is 0 Å². The Balaban J connectivity index is 0.953. The molecule has 2 aliphatic heterocycles. The topological polar surface area (TPSA) is 55.4 Å². The zero-order valence-corrected chi connectivity index (χ0v) is 38.4. The Hall–Kier alpha value is -4.81. The van der Waals surface area contributed by atoms with Gasteiger partial charge in [0, 0.05) is 33.6 Å². The van der Waals surface area contributed by atoms with E-state index in [4.69, 9.17) is 27.8 Å². The van der Waals surface area contributed by atoms with E-state index in [0.29, 0.717) is 32.8 Å². The third kappa shape index (κ3) is 9.14. The summed E-state index contributed by atoms with van der Waals surface area (Å²) in [5, 5.41) is 0. The van der Waals surface area contributed by atoms with E-state index in [1.807, 2.05) is 0 Å². The predicted octanol–water partition coefficient (Wildman–Crippen LogP) is 13.4. The number of hydrogen-bond acceptors (Lipinski definition) is 6. The Morgan fingerprint density at radius 1 is 0.516 bits per heavy atom. The normalized spacial score (nSPS) is 21.3. The second-order valence-corrected chi connectivity index (χ2v) is 20.3. The van der Waals surface area contributed by atoms with Gasteiger partial charge in [0.1, 0.15) is 11.5 Å². The van der Waals surface area contributed by atoms with Gasteiger partial charge in [-0.1, -0.05) is 207 Å². The molecular weight excluding hydrogens is 788 g/mol. The van der Waals surface area contributed by atoms with Crippen molar-refractivity contribution in [2.75, 3.05) is 26.4 Å². The van der Waals surface area contributed by atoms with Gasteiger partial charge in [-0.3, -0.25) is 0 Å². The molecule has 62 heavy (non-hydrogen) atoms. The molecule has 0 N–H and O–H groups in total. The van der Waals surface area contributed by atoms with E-state index in [1.165, 1.54) is 39.0 Å². The molecular formula is C55H61O6P. The third-order valence-corrected chi connectivity index (χ3v) is 14.5. The van der Waals surface area contributed by atoms with E-state index in [0.717, 1.165) is 17.1 Å². The molecule has 6 nitrogen and oxygen atoms in total. The minimum Gasteiger partial charge on any atom is -0.441 e. The molecule has 0 radical (unpaired) electrons. The van der Waals surface area contributed by atoms with Gasteiger partial charge < -0.3 is 27.8 Å². The summed E-state index contributed by atoms with van der Waals surface area (Å²) in [4.78, 5) is 0. The van der Waals surface area contributed by atoms with Gasteiger partial charge in [-0.15, -0.1) is 0 Å². The van der Waals surface area contributed by atoms with Crippen molar-refractivity contribution < 1.29 is 27.8 Å². The lowest BCUT2D eigenvalue weighted by molar-refractivity contribution is -0.315. The highest BCUT2D eigenvalue weighted by Crippen LogP contribution is 2.52. The SMILES string of the molecule is CC(C)(C1=CC=C(OP2OCC3(COC(Oc4ccc(C(C)(C)c5ccccc5)cc4C(C)(C)c4ccccc4)OC3)CO2)CC(C(C)(C)c2ccccc2)=C1)c1ccccc1. The lowest BCUT2D eigenvalue weighted by Crippen LogP contribution is -2.50. The largest absolute Gasteiger partial charge is 0.441 e. The van der Waals surface area contributed by atoms with E-state index in [-0.39, 0.29) is 21.7 Å². The maximum atomic E-state index is 6.61. The van der Waals surface area contributed by atoms with Crippen LogP contribution in [-0.4, -0.2) is 32.9 Å². The van der Waals surface area contributed by atoms with Crippen molar-refractivity contribution in [1.29, 1.82) is 0 Å². The first-order valence-corrected chi connectivity index (χ1v) is 22.9. The van der Waals surface area contributed by atoms with Crippen molar-refractivity contribution in [1.82, 2.24) is 0 Å². The maximum absolute atomic E-state index is 6.61. The van der Waals surface area contributed by atoms with Crippen LogP contribution in [0.25, 0.3) is 0 Å². The minimum absolute atomic E-state index is 0.223. The number of benzene rings is 5. The van der Waals surface area contributed by atoms with Crippen LogP contribution in [0.2, 0.25) is 0 Å². The van der Waals surface area contributed by atoms with E-state index >= 15 is 0 Å². The molecule has 2 heterocycles. The van der Waals surface area contributed by atoms with Gasteiger partial charge >= 0.3 is 15.1 Å². The molecule has 0 bridgehead atoms. The number of hydrogen-bond donors (Lipinski definition) is 0. The molecule has 0 amide bonds. The Morgan fingerprint density at radius 3 is 1.53 bits per heavy atom. The number of ether oxygens (including phenoxy) is 3. The first-order valence-electron chi connectivity index (χ1n) is 21.8. The molecule has 7 heteroatoms. The third-order valence-electron chi connectivity index (χ3n) is 13.4. The van der Waals surface area contributed by atoms with Crippen molar-refractivity contribution in [3.05, 3.63) is 208 Å². The van der Waals surface area contributed by atoms with Crippen molar-refractivity contribution >= 4 is 8.60 Å². The summed E-state index contributed by atoms with van der Waals surface area (Å²) in [5.74, 6) is 1.54. The monoisotopic (exact) mass is 848 g/mol. The molecule has 5 aromatic rings. The first kappa shape index (κ1) is 43.8. The molecule has 2 saturated heterocycles. The molecule has 0 saturated carbocycles. The van der Waals surface area contributed by atoms with Crippen LogP contribution < -0.4 is 4.74 Å². The summed E-state index contributed by atoms with van der Waals surface area (Å²) < 4.78 is 38.6. The van der Waals surface area contributed by atoms with Crippen molar-refractivity contribution in [2.24, 2.45) is 5.41 Å². The molecule has 8 rings (SSSR count). The van der Waals surface area contributed by atoms with Crippen molar-refractivity contribution in [2.45, 2.75) is 89.9 Å². The fourth-order valence-corrected chi connectivity index (χ4v) is 9.95. The Labute approximate surface area is 370 Å². The fraction of sp³-hybridized carbons (Fsp3) is 0.345. The van der Waals surface area contributed by atoms with Crippen molar-refractivity contribution in [3.63, 3.8) is 0 Å². The summed E-state index contributed by atoms with van der Waals surface area (Å²) in [6.45, 7) is 18.8. The molecule has 1 aliphatic carbocycles. The average molecular weight is 849 g/mol. The zero-order valence-electron chi connectivity index (χ0n) is 37.5. The maximum Gasteiger partial charge on any atom is 0.396 e. The van der Waals surface area contributed by atoms with Gasteiger partial charge in [-0.25, -0.2) is 0 Å². The first-order chi connectivity index (χ1) is 29.7. The van der Waals surface area contributed by atoms with Crippen LogP contribution in [0.4, 0.5) is 0 Å². The lowest BCUT2D eigenvalue weighted by Gasteiger charge is -2.42. The quantitative estimate of drug-likeness (QED) is 0.117. The van der Waals surface area contributed by atoms with Gasteiger partial charge in [0.15, 0.2) is 0 Å². The van der Waals surface area contributed by atoms with Gasteiger partial charge in [0.05, 0.1) is 31.8 Å². The highest BCUT2D eigenvalue weighted by molar-refractivity contribution is 7.41. The van der Waals surface area contributed by atoms with Crippen LogP contribution in [0, 0.1) is 5.41 Å². The van der Waals surface area contributed by atoms with Crippen LogP contribution in [0.1, 0.15) is 95.2 Å². The Bertz CT molecular complexity index is 2380. The van der Waals surface area contributed by atoms with E-state index < -0.39 is 20.5 Å². The molecule has 322 valence electrons. The van der Waals surface area contributed by atoms with Gasteiger partial charge in [-0.05, 0) is 45.5 Å². The summed E-state index contributed by atoms with van der Waals surface area (Å²) in [5.41, 5.74) is 8.14. The molecule has 0 aromatic heterocycles. The molecule has 0 atom stereocenters. The van der Waals surface area contributed by atoms with Crippen LogP contribution in [0.3, 0.4) is 0 Å². The number of allylic oxidation sites excluding steroid dienone is 5. The standard InChI is InChI=1S/C55H61O6P/c1-51(2,40-21-13-9-14-22-40)44-29-31-47(34-46(33-44)53(5,6)42-25-17-11-18-26-42)61-62-58-38-55(39-59-62)36-56-50(57-37-55)60-49-32-30-45(52(3,4)41-23-15-10-16-24-41)35-48(49)54(7,8)43-27-19-12-20-28-43/h9-33,35,50H,34,36-39H2,1-8H3. The second-order valence-electron chi connectivity index (χ2n) is 19.2. The average Bonchev–Trinajstić information content (AvgIpc) is 3.53. The highest BCUT2D eigenvalue weighted by Gasteiger charge is 2.45. The van der Waals surface area contributed by atoms with Crippen LogP contribution in [-0.2, 0) is 44.7 Å². The van der Waals surface area contributed by atoms with Crippen LogP contribution in [0.15, 0.2) is 175 Å². The lowest BCUT2D eigenvalue weighted by atomic mass is 9.72. The summed E-state index contributed by atoms with van der Waals surface area (Å²) in [7, 11) is -1.64. The second kappa shape index (κ2) is 17.8. The predicted molar refractivity (Wildman–Crippen MR) is 250 cm³/mol. The molecule has 5 aromatic carbocycles. The van der Waals surface area contributed by atoms with Crippen LogP contribution >= 0.6 is 8.60 Å². The van der Waals surface area contributed by atoms with E-state index in [9.17, 15) is 0 Å². The molecule has 1 spiro atoms. The van der Waals surface area contributed by atoms with Crippen LogP contribution in [0.5, 0.6) is 5.75 Å². The summed E-state index contributed by atoms with van der Waals surface area (Å²) in [6, 6.07) is 49.1. The van der Waals surface area contributed by atoms with Gasteiger partial charge in [-0.2, -0.15) is 0 Å². The molecule has 0 unspecified atom stereocenters.